The molecule has 3 rings (SSSR count). The third kappa shape index (κ3) is 7.66. The number of nitrogens with two attached hydrogens (primary N) is 1. The van der Waals surface area contributed by atoms with Crippen molar-refractivity contribution in [3.05, 3.63) is 69.5 Å². The zero-order valence-corrected chi connectivity index (χ0v) is 21.7. The van der Waals surface area contributed by atoms with Gasteiger partial charge in [-0.15, -0.1) is 0 Å². The first-order valence-corrected chi connectivity index (χ1v) is 12.6. The number of primary amides is 1. The largest absolute Gasteiger partial charge is 0.370 e. The fourth-order valence-electron chi connectivity index (χ4n) is 4.54. The van der Waals surface area contributed by atoms with Gasteiger partial charge in [-0.3, -0.25) is 19.3 Å². The summed E-state index contributed by atoms with van der Waals surface area (Å²) in [5.41, 5.74) is 7.06. The highest BCUT2D eigenvalue weighted by Crippen LogP contribution is 2.25. The van der Waals surface area contributed by atoms with Crippen molar-refractivity contribution in [2.45, 2.75) is 44.2 Å². The summed E-state index contributed by atoms with van der Waals surface area (Å²) < 4.78 is 13.2. The first-order valence-electron chi connectivity index (χ1n) is 11.9. The average molecular weight is 537 g/mol. The molecule has 7 nitrogen and oxygen atoms in total. The molecule has 3 amide bonds. The van der Waals surface area contributed by atoms with Gasteiger partial charge in [0.25, 0.3) is 0 Å². The molecular weight excluding hydrogens is 506 g/mol. The first kappa shape index (κ1) is 27.9. The van der Waals surface area contributed by atoms with Crippen LogP contribution in [-0.2, 0) is 27.2 Å². The molecule has 1 aliphatic heterocycles. The van der Waals surface area contributed by atoms with Crippen LogP contribution in [0.4, 0.5) is 4.39 Å². The molecular formula is C26H31Cl2FN4O3. The minimum absolute atomic E-state index is 0.0503. The van der Waals surface area contributed by atoms with Gasteiger partial charge in [0.15, 0.2) is 0 Å². The smallest absolute Gasteiger partial charge is 0.237 e. The Morgan fingerprint density at radius 2 is 1.83 bits per heavy atom. The summed E-state index contributed by atoms with van der Waals surface area (Å²) in [5, 5.41) is 3.72. The van der Waals surface area contributed by atoms with Gasteiger partial charge in [0.05, 0.1) is 6.04 Å². The summed E-state index contributed by atoms with van der Waals surface area (Å²) in [4.78, 5) is 41.3. The number of nitrogens with zero attached hydrogens (tertiary/aromatic N) is 2. The highest BCUT2D eigenvalue weighted by Gasteiger charge is 2.35. The molecule has 3 N–H and O–H groups in total. The number of benzene rings is 2. The number of likely N-dealkylation sites (N-methyl/N-ethyl adjacent to an activating group) is 1. The van der Waals surface area contributed by atoms with Crippen LogP contribution in [0.25, 0.3) is 0 Å². The van der Waals surface area contributed by atoms with Crippen LogP contribution in [0, 0.1) is 5.82 Å². The summed E-state index contributed by atoms with van der Waals surface area (Å²) in [7, 11) is 1.58. The van der Waals surface area contributed by atoms with Crippen molar-refractivity contribution in [1.82, 2.24) is 15.1 Å². The molecule has 2 unspecified atom stereocenters. The number of carbonyl (C=O) groups excluding carboxylic acids is 3. The van der Waals surface area contributed by atoms with Crippen LogP contribution in [-0.4, -0.2) is 66.3 Å². The van der Waals surface area contributed by atoms with E-state index in [1.54, 1.807) is 42.3 Å². The van der Waals surface area contributed by atoms with E-state index in [9.17, 15) is 18.8 Å². The number of hydrogen-bond acceptors (Lipinski definition) is 4. The summed E-state index contributed by atoms with van der Waals surface area (Å²) in [6.45, 7) is 1.31. The summed E-state index contributed by atoms with van der Waals surface area (Å²) >= 11 is 12.4. The van der Waals surface area contributed by atoms with Crippen molar-refractivity contribution in [2.24, 2.45) is 5.73 Å². The van der Waals surface area contributed by atoms with E-state index in [2.05, 4.69) is 5.32 Å². The summed E-state index contributed by atoms with van der Waals surface area (Å²) in [5.74, 6) is -0.976. The van der Waals surface area contributed by atoms with Crippen molar-refractivity contribution >= 4 is 40.9 Å². The topological polar surface area (TPSA) is 95.7 Å². The van der Waals surface area contributed by atoms with E-state index in [-0.39, 0.29) is 36.5 Å². The molecule has 0 bridgehead atoms. The Bertz CT molecular complexity index is 1080. The Morgan fingerprint density at radius 1 is 1.11 bits per heavy atom. The predicted molar refractivity (Wildman–Crippen MR) is 138 cm³/mol. The zero-order valence-electron chi connectivity index (χ0n) is 20.2. The molecule has 10 heteroatoms. The first-order chi connectivity index (χ1) is 17.2. The summed E-state index contributed by atoms with van der Waals surface area (Å²) in [6.07, 6.45) is 1.65. The molecule has 0 spiro atoms. The Balaban J connectivity index is 1.74. The Kier molecular flexibility index (Phi) is 10.1. The van der Waals surface area contributed by atoms with Crippen molar-refractivity contribution in [3.8, 4) is 0 Å². The normalized spacial score (nSPS) is 17.0. The molecule has 1 saturated heterocycles. The van der Waals surface area contributed by atoms with E-state index in [1.165, 1.54) is 12.1 Å². The second-order valence-corrected chi connectivity index (χ2v) is 9.78. The van der Waals surface area contributed by atoms with Crippen molar-refractivity contribution in [1.29, 1.82) is 0 Å². The Morgan fingerprint density at radius 3 is 2.47 bits per heavy atom. The van der Waals surface area contributed by atoms with E-state index < -0.39 is 11.9 Å². The second kappa shape index (κ2) is 13.0. The predicted octanol–water partition coefficient (Wildman–Crippen LogP) is 3.20. The minimum atomic E-state index is -0.513. The SMILES string of the molecule is CNC(=O)C(Cc1ccc(Cl)cc1Cl)N1CCN(C(=O)CCc2ccc(F)cc2)C(CCC(N)=O)C1. The van der Waals surface area contributed by atoms with Crippen LogP contribution >= 0.6 is 23.2 Å². The van der Waals surface area contributed by atoms with E-state index in [1.807, 2.05) is 4.90 Å². The molecule has 0 radical (unpaired) electrons. The third-order valence-electron chi connectivity index (χ3n) is 6.52. The Labute approximate surface area is 220 Å². The maximum Gasteiger partial charge on any atom is 0.237 e. The van der Waals surface area contributed by atoms with E-state index in [4.69, 9.17) is 28.9 Å². The molecule has 2 aromatic carbocycles. The lowest BCUT2D eigenvalue weighted by Crippen LogP contribution is -2.60. The second-order valence-electron chi connectivity index (χ2n) is 8.94. The van der Waals surface area contributed by atoms with E-state index in [0.717, 1.165) is 11.1 Å². The van der Waals surface area contributed by atoms with Crippen LogP contribution in [0.5, 0.6) is 0 Å². The standard InChI is InChI=1S/C26H31Cl2FN4O3/c1-31-26(36)23(14-18-5-6-19(27)15-22(18)28)32-12-13-33(21(16-32)9-10-24(30)34)25(35)11-4-17-2-7-20(29)8-3-17/h2-3,5-8,15,21,23H,4,9-14,16H2,1H3,(H2,30,34)(H,31,36). The number of nitrogens with one attached hydrogen (secondary N) is 1. The maximum absolute atomic E-state index is 13.2. The molecule has 0 aliphatic carbocycles. The molecule has 1 heterocycles. The number of rotatable bonds is 10. The minimum Gasteiger partial charge on any atom is -0.370 e. The third-order valence-corrected chi connectivity index (χ3v) is 7.10. The number of aryl methyl sites for hydroxylation is 1. The molecule has 0 saturated carbocycles. The van der Waals surface area contributed by atoms with Gasteiger partial charge in [0.2, 0.25) is 17.7 Å². The van der Waals surface area contributed by atoms with Crippen LogP contribution in [0.3, 0.4) is 0 Å². The fraction of sp³-hybridized carbons (Fsp3) is 0.423. The molecule has 2 atom stereocenters. The quantitative estimate of drug-likeness (QED) is 0.487. The molecule has 1 fully saturated rings. The maximum atomic E-state index is 13.2. The van der Waals surface area contributed by atoms with Gasteiger partial charge >= 0.3 is 0 Å². The van der Waals surface area contributed by atoms with Gasteiger partial charge in [-0.05, 0) is 54.7 Å². The lowest BCUT2D eigenvalue weighted by molar-refractivity contribution is -0.138. The van der Waals surface area contributed by atoms with Crippen molar-refractivity contribution in [2.75, 3.05) is 26.7 Å². The van der Waals surface area contributed by atoms with Gasteiger partial charge < -0.3 is 16.0 Å². The van der Waals surface area contributed by atoms with Crippen LogP contribution in [0.1, 0.15) is 30.4 Å². The highest BCUT2D eigenvalue weighted by atomic mass is 35.5. The van der Waals surface area contributed by atoms with Gasteiger partial charge in [0.1, 0.15) is 5.82 Å². The molecule has 194 valence electrons. The van der Waals surface area contributed by atoms with Crippen LogP contribution in [0.2, 0.25) is 10.0 Å². The van der Waals surface area contributed by atoms with Gasteiger partial charge in [-0.1, -0.05) is 41.4 Å². The van der Waals surface area contributed by atoms with E-state index >= 15 is 0 Å². The van der Waals surface area contributed by atoms with Crippen LogP contribution < -0.4 is 11.1 Å². The van der Waals surface area contributed by atoms with Gasteiger partial charge in [-0.2, -0.15) is 0 Å². The highest BCUT2D eigenvalue weighted by molar-refractivity contribution is 6.35. The van der Waals surface area contributed by atoms with Crippen molar-refractivity contribution in [3.63, 3.8) is 0 Å². The average Bonchev–Trinajstić information content (AvgIpc) is 2.86. The number of hydrogen-bond donors (Lipinski definition) is 2. The van der Waals surface area contributed by atoms with Crippen molar-refractivity contribution < 1.29 is 18.8 Å². The van der Waals surface area contributed by atoms with E-state index in [0.29, 0.717) is 48.9 Å². The van der Waals surface area contributed by atoms with Gasteiger partial charge in [0, 0.05) is 55.6 Å². The fourth-order valence-corrected chi connectivity index (χ4v) is 5.03. The van der Waals surface area contributed by atoms with Crippen LogP contribution in [0.15, 0.2) is 42.5 Å². The molecule has 1 aliphatic rings. The summed E-state index contributed by atoms with van der Waals surface area (Å²) in [6, 6.07) is 10.5. The number of halogens is 3. The zero-order chi connectivity index (χ0) is 26.2. The lowest BCUT2D eigenvalue weighted by atomic mass is 9.99. The monoisotopic (exact) mass is 536 g/mol. The molecule has 36 heavy (non-hydrogen) atoms. The molecule has 0 aromatic heterocycles. The lowest BCUT2D eigenvalue weighted by Gasteiger charge is -2.44. The van der Waals surface area contributed by atoms with Gasteiger partial charge in [-0.25, -0.2) is 4.39 Å². The number of piperazine rings is 1. The molecule has 2 aromatic rings. The number of amides is 3. The Hall–Kier alpha value is -2.68. The number of carbonyl (C=O) groups is 3.